The van der Waals surface area contributed by atoms with Crippen molar-refractivity contribution in [2.24, 2.45) is 11.7 Å². The van der Waals surface area contributed by atoms with E-state index in [9.17, 15) is 9.59 Å². The predicted octanol–water partition coefficient (Wildman–Crippen LogP) is -0.703. The molecule has 5 nitrogen and oxygen atoms in total. The minimum Gasteiger partial charge on any atom is -0.396 e. The van der Waals surface area contributed by atoms with Crippen molar-refractivity contribution in [2.75, 3.05) is 19.7 Å². The zero-order chi connectivity index (χ0) is 11.3. The molecule has 0 saturated carbocycles. The lowest BCUT2D eigenvalue weighted by Gasteiger charge is -2.29. The maximum absolute atomic E-state index is 11.8. The topological polar surface area (TPSA) is 83.6 Å². The lowest BCUT2D eigenvalue weighted by atomic mass is 10.0. The number of nitrogens with zero attached hydrogens (tertiary/aromatic N) is 1. The number of piperidine rings is 1. The van der Waals surface area contributed by atoms with Gasteiger partial charge in [0.1, 0.15) is 5.92 Å². The van der Waals surface area contributed by atoms with Crippen LogP contribution < -0.4 is 5.73 Å². The number of nitrogens with two attached hydrogens (primary N) is 1. The van der Waals surface area contributed by atoms with Crippen LogP contribution in [0.25, 0.3) is 0 Å². The average Bonchev–Trinajstić information content (AvgIpc) is 2.26. The molecule has 3 N–H and O–H groups in total. The molecule has 85 valence electrons. The summed E-state index contributed by atoms with van der Waals surface area (Å²) in [6.07, 6.45) is 3.95. The fraction of sp³-hybridized carbons (Fsp3) is 0.700. The van der Waals surface area contributed by atoms with E-state index in [0.717, 1.165) is 12.8 Å². The summed E-state index contributed by atoms with van der Waals surface area (Å²) in [6.45, 7) is 1.10. The van der Waals surface area contributed by atoms with Crippen LogP contribution in [0, 0.1) is 12.3 Å². The first kappa shape index (κ1) is 12.0. The quantitative estimate of drug-likeness (QED) is 0.605. The third-order valence-electron chi connectivity index (χ3n) is 2.58. The highest BCUT2D eigenvalue weighted by molar-refractivity contribution is 5.99. The molecule has 1 radical (unpaired) electrons. The van der Waals surface area contributed by atoms with Gasteiger partial charge >= 0.3 is 0 Å². The van der Waals surface area contributed by atoms with Gasteiger partial charge in [0.05, 0.1) is 0 Å². The Kier molecular flexibility index (Phi) is 4.55. The number of hydrogen-bond acceptors (Lipinski definition) is 3. The Balaban J connectivity index is 2.57. The fourth-order valence-electron chi connectivity index (χ4n) is 1.71. The van der Waals surface area contributed by atoms with Gasteiger partial charge in [-0.2, -0.15) is 0 Å². The predicted molar refractivity (Wildman–Crippen MR) is 54.5 cm³/mol. The van der Waals surface area contributed by atoms with Crippen molar-refractivity contribution in [3.63, 3.8) is 0 Å². The zero-order valence-electron chi connectivity index (χ0n) is 8.69. The first-order valence-electron chi connectivity index (χ1n) is 5.17. The zero-order valence-corrected chi connectivity index (χ0v) is 8.69. The molecule has 15 heavy (non-hydrogen) atoms. The largest absolute Gasteiger partial charge is 0.396 e. The number of primary amides is 1. The van der Waals surface area contributed by atoms with Gasteiger partial charge in [0.25, 0.3) is 0 Å². The lowest BCUT2D eigenvalue weighted by molar-refractivity contribution is -0.142. The van der Waals surface area contributed by atoms with Crippen LogP contribution >= 0.6 is 0 Å². The summed E-state index contributed by atoms with van der Waals surface area (Å²) in [5, 5.41) is 8.75. The normalized spacial score (nSPS) is 18.6. The highest BCUT2D eigenvalue weighted by Gasteiger charge is 2.29. The summed E-state index contributed by atoms with van der Waals surface area (Å²) >= 11 is 0. The summed E-state index contributed by atoms with van der Waals surface area (Å²) in [5.74, 6) is -1.76. The molecule has 1 heterocycles. The molecule has 1 unspecified atom stereocenters. The maximum Gasteiger partial charge on any atom is 0.235 e. The first-order chi connectivity index (χ1) is 7.16. The Bertz CT molecular complexity index is 237. The van der Waals surface area contributed by atoms with Gasteiger partial charge in [0.2, 0.25) is 11.8 Å². The number of carbonyl (C=O) groups is 2. The minimum absolute atomic E-state index is 0.119. The number of aliphatic hydroxyl groups is 1. The van der Waals surface area contributed by atoms with E-state index >= 15 is 0 Å². The third kappa shape index (κ3) is 3.20. The van der Waals surface area contributed by atoms with E-state index in [1.54, 1.807) is 4.90 Å². The fourth-order valence-corrected chi connectivity index (χ4v) is 1.71. The molecule has 0 aliphatic carbocycles. The molecule has 1 aliphatic rings. The molecule has 5 heteroatoms. The molecule has 2 amide bonds. The van der Waals surface area contributed by atoms with Crippen molar-refractivity contribution in [1.82, 2.24) is 4.90 Å². The summed E-state index contributed by atoms with van der Waals surface area (Å²) in [5.41, 5.74) is 5.13. The smallest absolute Gasteiger partial charge is 0.235 e. The standard InChI is InChI=1S/C10H17N2O3/c11-9(14)8(4-7-13)10(15)12-5-2-1-3-6-12/h1,8,13H,2-7H2,(H2,11,14). The highest BCUT2D eigenvalue weighted by atomic mass is 16.3. The van der Waals surface area contributed by atoms with Crippen molar-refractivity contribution in [3.8, 4) is 0 Å². The van der Waals surface area contributed by atoms with E-state index in [1.807, 2.05) is 0 Å². The van der Waals surface area contributed by atoms with E-state index in [0.29, 0.717) is 13.1 Å². The van der Waals surface area contributed by atoms with Crippen molar-refractivity contribution in [3.05, 3.63) is 6.42 Å². The Labute approximate surface area is 89.2 Å². The Morgan fingerprint density at radius 1 is 1.40 bits per heavy atom. The number of amides is 2. The second-order valence-corrected chi connectivity index (χ2v) is 3.66. The maximum atomic E-state index is 11.8. The lowest BCUT2D eigenvalue weighted by Crippen LogP contribution is -2.44. The molecule has 0 aromatic carbocycles. The Hall–Kier alpha value is -1.10. The highest BCUT2D eigenvalue weighted by Crippen LogP contribution is 2.13. The molecule has 1 aliphatic heterocycles. The van der Waals surface area contributed by atoms with Gasteiger partial charge in [-0.05, 0) is 25.7 Å². The molecule has 0 aromatic heterocycles. The van der Waals surface area contributed by atoms with Crippen LogP contribution in [0.3, 0.4) is 0 Å². The molecule has 0 spiro atoms. The second kappa shape index (κ2) is 5.70. The average molecular weight is 213 g/mol. The van der Waals surface area contributed by atoms with Crippen LogP contribution in [0.4, 0.5) is 0 Å². The number of aliphatic hydroxyl groups excluding tert-OH is 1. The summed E-state index contributed by atoms with van der Waals surface area (Å²) in [7, 11) is 0. The monoisotopic (exact) mass is 213 g/mol. The molecule has 1 rings (SSSR count). The van der Waals surface area contributed by atoms with E-state index in [1.165, 1.54) is 0 Å². The molecule has 0 bridgehead atoms. The molecular weight excluding hydrogens is 196 g/mol. The van der Waals surface area contributed by atoms with Crippen LogP contribution in [0.15, 0.2) is 0 Å². The van der Waals surface area contributed by atoms with E-state index < -0.39 is 11.8 Å². The van der Waals surface area contributed by atoms with Gasteiger partial charge in [-0.1, -0.05) is 0 Å². The van der Waals surface area contributed by atoms with Gasteiger partial charge in [-0.3, -0.25) is 9.59 Å². The van der Waals surface area contributed by atoms with Gasteiger partial charge < -0.3 is 15.7 Å². The Morgan fingerprint density at radius 2 is 2.00 bits per heavy atom. The number of carbonyl (C=O) groups excluding carboxylic acids is 2. The van der Waals surface area contributed by atoms with E-state index in [2.05, 4.69) is 6.42 Å². The van der Waals surface area contributed by atoms with Gasteiger partial charge in [-0.15, -0.1) is 0 Å². The van der Waals surface area contributed by atoms with Crippen molar-refractivity contribution in [1.29, 1.82) is 0 Å². The van der Waals surface area contributed by atoms with Crippen molar-refractivity contribution < 1.29 is 14.7 Å². The van der Waals surface area contributed by atoms with E-state index in [-0.39, 0.29) is 18.9 Å². The number of rotatable bonds is 4. The first-order valence-corrected chi connectivity index (χ1v) is 5.17. The minimum atomic E-state index is -0.868. The SMILES string of the molecule is NC(=O)C(CCO)C(=O)N1CC[CH]CC1. The van der Waals surface area contributed by atoms with Crippen molar-refractivity contribution >= 4 is 11.8 Å². The van der Waals surface area contributed by atoms with Gasteiger partial charge in [0.15, 0.2) is 0 Å². The molecule has 1 fully saturated rings. The van der Waals surface area contributed by atoms with Gasteiger partial charge in [-0.25, -0.2) is 0 Å². The summed E-state index contributed by atoms with van der Waals surface area (Å²) in [6, 6.07) is 0. The van der Waals surface area contributed by atoms with Crippen LogP contribution in [0.1, 0.15) is 19.3 Å². The van der Waals surface area contributed by atoms with E-state index in [4.69, 9.17) is 10.8 Å². The third-order valence-corrected chi connectivity index (χ3v) is 2.58. The molecule has 0 aromatic rings. The van der Waals surface area contributed by atoms with Crippen LogP contribution in [0.5, 0.6) is 0 Å². The molecular formula is C10H17N2O3. The molecule has 1 saturated heterocycles. The molecule has 1 atom stereocenters. The summed E-state index contributed by atoms with van der Waals surface area (Å²) in [4.78, 5) is 24.5. The Morgan fingerprint density at radius 3 is 2.47 bits per heavy atom. The van der Waals surface area contributed by atoms with Gasteiger partial charge in [0, 0.05) is 19.7 Å². The number of likely N-dealkylation sites (tertiary alicyclic amines) is 1. The number of hydrogen-bond donors (Lipinski definition) is 2. The van der Waals surface area contributed by atoms with Crippen molar-refractivity contribution in [2.45, 2.75) is 19.3 Å². The van der Waals surface area contributed by atoms with Crippen LogP contribution in [-0.4, -0.2) is 41.5 Å². The van der Waals surface area contributed by atoms with Crippen LogP contribution in [0.2, 0.25) is 0 Å². The van der Waals surface area contributed by atoms with Crippen LogP contribution in [-0.2, 0) is 9.59 Å². The summed E-state index contributed by atoms with van der Waals surface area (Å²) < 4.78 is 0. The second-order valence-electron chi connectivity index (χ2n) is 3.66.